The van der Waals surface area contributed by atoms with Crippen LogP contribution < -0.4 is 10.2 Å². The van der Waals surface area contributed by atoms with Crippen molar-refractivity contribution in [1.82, 2.24) is 5.32 Å². The van der Waals surface area contributed by atoms with Crippen LogP contribution in [0.2, 0.25) is 0 Å². The summed E-state index contributed by atoms with van der Waals surface area (Å²) in [5, 5.41) is 12.6. The minimum absolute atomic E-state index is 0.232. The smallest absolute Gasteiger partial charge is 0.480 e. The third kappa shape index (κ3) is 3.40. The van der Waals surface area contributed by atoms with Crippen molar-refractivity contribution in [2.24, 2.45) is 0 Å². The molecule has 7 nitrogen and oxygen atoms in total. The number of fused-ring (bicyclic) bond motifs is 1. The van der Waals surface area contributed by atoms with Gasteiger partial charge in [-0.05, 0) is 31.4 Å². The van der Waals surface area contributed by atoms with Gasteiger partial charge in [-0.3, -0.25) is 0 Å². The number of para-hydroxylation sites is 1. The molecule has 25 heavy (non-hydrogen) atoms. The molecule has 3 rings (SSSR count). The molecule has 0 amide bonds. The second-order valence-corrected chi connectivity index (χ2v) is 6.14. The van der Waals surface area contributed by atoms with Crippen LogP contribution in [0, 0.1) is 0 Å². The highest BCUT2D eigenvalue weighted by Gasteiger charge is 2.36. The third-order valence-corrected chi connectivity index (χ3v) is 4.59. The molecule has 0 aliphatic carbocycles. The minimum atomic E-state index is -0.920. The average Bonchev–Trinajstić information content (AvgIpc) is 2.76. The lowest BCUT2D eigenvalue weighted by atomic mass is 9.93. The first-order chi connectivity index (χ1) is 12.0. The van der Waals surface area contributed by atoms with Gasteiger partial charge in [0.05, 0.1) is 6.61 Å². The Morgan fingerprint density at radius 3 is 2.80 bits per heavy atom. The molecule has 2 heterocycles. The summed E-state index contributed by atoms with van der Waals surface area (Å²) in [6.45, 7) is 1.95. The number of carboxylic acid groups (broad SMARTS) is 1. The number of carbonyl (C=O) groups excluding carboxylic acids is 1. The first-order valence-electron chi connectivity index (χ1n) is 8.38. The predicted molar refractivity (Wildman–Crippen MR) is 91.3 cm³/mol. The van der Waals surface area contributed by atoms with Crippen LogP contribution in [0.15, 0.2) is 35.7 Å². The van der Waals surface area contributed by atoms with Crippen molar-refractivity contribution in [3.8, 4) is 0 Å². The zero-order chi connectivity index (χ0) is 18.0. The molecule has 0 fully saturated rings. The van der Waals surface area contributed by atoms with Gasteiger partial charge in [0.25, 0.3) is 0 Å². The number of ether oxygens (including phenoxy) is 2. The SMILES string of the molecule is CCOC(=O)OC1CCC(C(=O)O)NC2=C1Cc1ccccc1N2C. The number of hydrogen-bond acceptors (Lipinski definition) is 6. The van der Waals surface area contributed by atoms with Crippen LogP contribution in [0.3, 0.4) is 0 Å². The van der Waals surface area contributed by atoms with Gasteiger partial charge in [-0.1, -0.05) is 18.2 Å². The van der Waals surface area contributed by atoms with Gasteiger partial charge in [-0.2, -0.15) is 0 Å². The number of benzene rings is 1. The summed E-state index contributed by atoms with van der Waals surface area (Å²) in [4.78, 5) is 25.3. The number of aliphatic carboxylic acids is 1. The Labute approximate surface area is 146 Å². The van der Waals surface area contributed by atoms with E-state index in [-0.39, 0.29) is 6.61 Å². The monoisotopic (exact) mass is 346 g/mol. The maximum atomic E-state index is 11.8. The molecule has 2 aliphatic heterocycles. The van der Waals surface area contributed by atoms with E-state index in [9.17, 15) is 14.7 Å². The first kappa shape index (κ1) is 17.1. The molecule has 2 N–H and O–H groups in total. The molecule has 0 spiro atoms. The fourth-order valence-electron chi connectivity index (χ4n) is 3.38. The summed E-state index contributed by atoms with van der Waals surface area (Å²) < 4.78 is 10.4. The fourth-order valence-corrected chi connectivity index (χ4v) is 3.38. The fraction of sp³-hybridized carbons (Fsp3) is 0.444. The van der Waals surface area contributed by atoms with Gasteiger partial charge in [0.15, 0.2) is 0 Å². The molecular weight excluding hydrogens is 324 g/mol. The molecule has 2 atom stereocenters. The van der Waals surface area contributed by atoms with Crippen molar-refractivity contribution in [2.75, 3.05) is 18.6 Å². The van der Waals surface area contributed by atoms with Crippen molar-refractivity contribution in [1.29, 1.82) is 0 Å². The molecule has 0 bridgehead atoms. The van der Waals surface area contributed by atoms with Crippen LogP contribution in [0.5, 0.6) is 0 Å². The van der Waals surface area contributed by atoms with Gasteiger partial charge >= 0.3 is 12.1 Å². The van der Waals surface area contributed by atoms with Gasteiger partial charge < -0.3 is 24.8 Å². The van der Waals surface area contributed by atoms with E-state index >= 15 is 0 Å². The van der Waals surface area contributed by atoms with Crippen molar-refractivity contribution in [3.63, 3.8) is 0 Å². The van der Waals surface area contributed by atoms with E-state index in [1.807, 2.05) is 36.2 Å². The van der Waals surface area contributed by atoms with E-state index in [1.54, 1.807) is 6.92 Å². The van der Waals surface area contributed by atoms with Crippen LogP contribution in [0.1, 0.15) is 25.3 Å². The molecule has 0 aromatic heterocycles. The number of anilines is 1. The topological polar surface area (TPSA) is 88.1 Å². The van der Waals surface area contributed by atoms with E-state index in [0.29, 0.717) is 25.1 Å². The third-order valence-electron chi connectivity index (χ3n) is 4.59. The van der Waals surface area contributed by atoms with Crippen LogP contribution in [-0.2, 0) is 20.7 Å². The molecule has 1 aromatic rings. The highest BCUT2D eigenvalue weighted by atomic mass is 16.7. The molecular formula is C18H22N2O5. The maximum absolute atomic E-state index is 11.8. The summed E-state index contributed by atoms with van der Waals surface area (Å²) in [6, 6.07) is 7.19. The van der Waals surface area contributed by atoms with Crippen molar-refractivity contribution >= 4 is 17.8 Å². The van der Waals surface area contributed by atoms with E-state index < -0.39 is 24.3 Å². The Bertz CT molecular complexity index is 715. The lowest BCUT2D eigenvalue weighted by molar-refractivity contribution is -0.139. The Balaban J connectivity index is 1.97. The van der Waals surface area contributed by atoms with Gasteiger partial charge in [-0.25, -0.2) is 9.59 Å². The molecule has 0 radical (unpaired) electrons. The Morgan fingerprint density at radius 2 is 2.08 bits per heavy atom. The van der Waals surface area contributed by atoms with E-state index in [4.69, 9.17) is 9.47 Å². The number of carbonyl (C=O) groups is 2. The number of hydrogen-bond donors (Lipinski definition) is 2. The van der Waals surface area contributed by atoms with Crippen molar-refractivity contribution in [3.05, 3.63) is 41.2 Å². The maximum Gasteiger partial charge on any atom is 0.508 e. The van der Waals surface area contributed by atoms with Gasteiger partial charge in [0, 0.05) is 24.7 Å². The van der Waals surface area contributed by atoms with E-state index in [1.165, 1.54) is 0 Å². The number of carboxylic acids is 1. The number of nitrogens with zero attached hydrogens (tertiary/aromatic N) is 1. The van der Waals surface area contributed by atoms with Crippen molar-refractivity contribution < 1.29 is 24.2 Å². The Morgan fingerprint density at radius 1 is 1.32 bits per heavy atom. The van der Waals surface area contributed by atoms with E-state index in [0.717, 1.165) is 16.8 Å². The molecule has 2 unspecified atom stereocenters. The summed E-state index contributed by atoms with van der Waals surface area (Å²) in [6.07, 6.45) is 0.143. The molecule has 2 aliphatic rings. The van der Waals surface area contributed by atoms with Crippen LogP contribution in [0.25, 0.3) is 0 Å². The summed E-state index contributed by atoms with van der Waals surface area (Å²) >= 11 is 0. The average molecular weight is 346 g/mol. The Kier molecular flexibility index (Phi) is 4.83. The quantitative estimate of drug-likeness (QED) is 0.812. The highest BCUT2D eigenvalue weighted by molar-refractivity contribution is 5.75. The summed E-state index contributed by atoms with van der Waals surface area (Å²) in [5.74, 6) is -0.228. The molecule has 1 aromatic carbocycles. The van der Waals surface area contributed by atoms with E-state index in [2.05, 4.69) is 5.32 Å². The molecule has 0 saturated heterocycles. The normalized spacial score (nSPS) is 22.2. The molecule has 7 heteroatoms. The zero-order valence-corrected chi connectivity index (χ0v) is 14.3. The van der Waals surface area contributed by atoms with Gasteiger partial charge in [-0.15, -0.1) is 0 Å². The second-order valence-electron chi connectivity index (χ2n) is 6.14. The highest BCUT2D eigenvalue weighted by Crippen LogP contribution is 2.36. The van der Waals surface area contributed by atoms with Crippen LogP contribution in [0.4, 0.5) is 10.5 Å². The number of rotatable bonds is 3. The summed E-state index contributed by atoms with van der Waals surface area (Å²) in [5.41, 5.74) is 2.99. The predicted octanol–water partition coefficient (Wildman–Crippen LogP) is 2.27. The van der Waals surface area contributed by atoms with Crippen LogP contribution in [-0.4, -0.2) is 43.0 Å². The van der Waals surface area contributed by atoms with Gasteiger partial charge in [0.2, 0.25) is 0 Å². The number of nitrogens with one attached hydrogen (secondary N) is 1. The zero-order valence-electron chi connectivity index (χ0n) is 14.3. The molecule has 0 saturated carbocycles. The Hall–Kier alpha value is -2.70. The van der Waals surface area contributed by atoms with Crippen LogP contribution >= 0.6 is 0 Å². The largest absolute Gasteiger partial charge is 0.508 e. The molecule has 134 valence electrons. The van der Waals surface area contributed by atoms with Crippen molar-refractivity contribution in [2.45, 2.75) is 38.3 Å². The van der Waals surface area contributed by atoms with Gasteiger partial charge in [0.1, 0.15) is 18.0 Å². The minimum Gasteiger partial charge on any atom is -0.480 e. The standard InChI is InChI=1S/C18H22N2O5/c1-3-24-18(23)25-15-9-8-13(17(21)22)19-16-12(15)10-11-6-4-5-7-14(11)20(16)2/h4-7,13,15,19H,3,8-10H2,1-2H3,(H,21,22). The summed E-state index contributed by atoms with van der Waals surface area (Å²) in [7, 11) is 1.88. The first-order valence-corrected chi connectivity index (χ1v) is 8.38. The lowest BCUT2D eigenvalue weighted by Crippen LogP contribution is -2.42. The lowest BCUT2D eigenvalue weighted by Gasteiger charge is -2.34. The second kappa shape index (κ2) is 7.04.